The molecule has 0 saturated carbocycles. The van der Waals surface area contributed by atoms with E-state index in [-0.39, 0.29) is 0 Å². The van der Waals surface area contributed by atoms with Crippen LogP contribution in [0, 0.1) is 13.8 Å². The van der Waals surface area contributed by atoms with E-state index in [0.29, 0.717) is 65.9 Å². The number of thiol groups is 5. The van der Waals surface area contributed by atoms with Crippen LogP contribution in [0.25, 0.3) is 21.5 Å². The molecular formula is C42H37N9OS7. The maximum absolute atomic E-state index is 6.96. The average molecular weight is 908 g/mol. The van der Waals surface area contributed by atoms with Gasteiger partial charge in [-0.15, -0.1) is 111 Å². The van der Waals surface area contributed by atoms with Gasteiger partial charge in [-0.3, -0.25) is 0 Å². The van der Waals surface area contributed by atoms with Crippen molar-refractivity contribution in [3.8, 4) is 0 Å². The second-order valence-electron chi connectivity index (χ2n) is 13.2. The third kappa shape index (κ3) is 9.62. The maximum atomic E-state index is 6.96. The number of nitrogens with two attached hydrogens (primary N) is 1. The Labute approximate surface area is 378 Å². The van der Waals surface area contributed by atoms with Gasteiger partial charge in [0.05, 0.1) is 41.2 Å². The minimum atomic E-state index is 0.442. The molecule has 1 aliphatic carbocycles. The topological polar surface area (TPSA) is 134 Å². The van der Waals surface area contributed by atoms with Gasteiger partial charge in [0.25, 0.3) is 0 Å². The minimum absolute atomic E-state index is 0.442. The van der Waals surface area contributed by atoms with Crippen molar-refractivity contribution in [1.29, 1.82) is 0 Å². The van der Waals surface area contributed by atoms with Crippen molar-refractivity contribution in [3.05, 3.63) is 107 Å². The van der Waals surface area contributed by atoms with Crippen LogP contribution in [0.3, 0.4) is 0 Å². The lowest BCUT2D eigenvalue weighted by molar-refractivity contribution is 0.490. The lowest BCUT2D eigenvalue weighted by Crippen LogP contribution is -1.93. The lowest BCUT2D eigenvalue weighted by atomic mass is 10.0. The zero-order chi connectivity index (χ0) is 41.8. The summed E-state index contributed by atoms with van der Waals surface area (Å²) in [5.41, 5.74) is 14.0. The summed E-state index contributed by atoms with van der Waals surface area (Å²) in [4.78, 5) is 5.42. The SMILES string of the molecule is COSc1ccc(S)c(N=Nc2c(S)cc3c(SC)cc(N=Nc4ccc(N=Nc5cc(S)ccc5C)c5cc(S)c(N=NC6=C(S)CCC=C6)cc45)c(N)c3c2C)c1. The summed E-state index contributed by atoms with van der Waals surface area (Å²) in [5, 5.41) is 40.2. The van der Waals surface area contributed by atoms with Crippen LogP contribution < -0.4 is 5.73 Å². The fraction of sp³-hybridized carbons (Fsp3) is 0.143. The van der Waals surface area contributed by atoms with Crippen molar-refractivity contribution in [2.75, 3.05) is 19.1 Å². The molecular weight excluding hydrogens is 871 g/mol. The number of azo groups is 4. The molecule has 2 N–H and O–H groups in total. The Kier molecular flexibility index (Phi) is 13.9. The maximum Gasteiger partial charge on any atom is 0.110 e. The molecule has 0 atom stereocenters. The van der Waals surface area contributed by atoms with Crippen LogP contribution in [-0.2, 0) is 4.18 Å². The molecule has 0 aliphatic heterocycles. The Bertz CT molecular complexity index is 2840. The third-order valence-corrected chi connectivity index (χ3v) is 12.6. The number of hydrogen-bond acceptors (Lipinski definition) is 17. The van der Waals surface area contributed by atoms with Crippen molar-refractivity contribution in [1.82, 2.24) is 0 Å². The van der Waals surface area contributed by atoms with Crippen molar-refractivity contribution in [2.45, 2.75) is 56.1 Å². The highest BCUT2D eigenvalue weighted by Crippen LogP contribution is 2.46. The summed E-state index contributed by atoms with van der Waals surface area (Å²) in [6.45, 7) is 3.93. The predicted molar refractivity (Wildman–Crippen MR) is 260 cm³/mol. The first-order chi connectivity index (χ1) is 28.4. The second-order valence-corrected chi connectivity index (χ2v) is 17.6. The van der Waals surface area contributed by atoms with Crippen molar-refractivity contribution >= 4 is 154 Å². The van der Waals surface area contributed by atoms with E-state index in [1.807, 2.05) is 99.0 Å². The Morgan fingerprint density at radius 2 is 1.29 bits per heavy atom. The van der Waals surface area contributed by atoms with E-state index in [4.69, 9.17) is 45.4 Å². The predicted octanol–water partition coefficient (Wildman–Crippen LogP) is 16.5. The van der Waals surface area contributed by atoms with Crippen LogP contribution in [0.5, 0.6) is 0 Å². The number of fused-ring (bicyclic) bond motifs is 2. The molecule has 17 heteroatoms. The molecule has 0 heterocycles. The van der Waals surface area contributed by atoms with Gasteiger partial charge < -0.3 is 9.92 Å². The van der Waals surface area contributed by atoms with E-state index >= 15 is 0 Å². The molecule has 0 aromatic heterocycles. The van der Waals surface area contributed by atoms with Crippen molar-refractivity contribution < 1.29 is 4.18 Å². The normalized spacial score (nSPS) is 13.6. The third-order valence-electron chi connectivity index (χ3n) is 9.38. The molecule has 59 heavy (non-hydrogen) atoms. The molecule has 1 aliphatic rings. The van der Waals surface area contributed by atoms with Crippen LogP contribution in [0.2, 0.25) is 0 Å². The number of nitrogen functional groups attached to an aromatic ring is 1. The Balaban J connectivity index is 1.34. The molecule has 0 unspecified atom stereocenters. The Morgan fingerprint density at radius 3 is 2.02 bits per heavy atom. The van der Waals surface area contributed by atoms with Crippen molar-refractivity contribution in [3.63, 3.8) is 0 Å². The van der Waals surface area contributed by atoms with E-state index < -0.39 is 0 Å². The second kappa shape index (κ2) is 19.1. The van der Waals surface area contributed by atoms with Gasteiger partial charge in [-0.05, 0) is 122 Å². The first kappa shape index (κ1) is 43.0. The molecule has 6 aromatic rings. The van der Waals surface area contributed by atoms with E-state index in [2.05, 4.69) is 74.6 Å². The van der Waals surface area contributed by atoms with E-state index in [1.165, 1.54) is 12.0 Å². The number of allylic oxidation sites excluding steroid dienone is 3. The molecule has 0 fully saturated rings. The number of hydrogen-bond donors (Lipinski definition) is 6. The minimum Gasteiger partial charge on any atom is -0.396 e. The fourth-order valence-electron chi connectivity index (χ4n) is 6.30. The number of benzene rings is 6. The Hall–Kier alpha value is -4.07. The largest absolute Gasteiger partial charge is 0.396 e. The lowest BCUT2D eigenvalue weighted by Gasteiger charge is -2.15. The number of aryl methyl sites for hydroxylation is 2. The smallest absolute Gasteiger partial charge is 0.110 e. The molecule has 0 bridgehead atoms. The van der Waals surface area contributed by atoms with Gasteiger partial charge in [0.2, 0.25) is 0 Å². The number of anilines is 1. The standard InChI is InChI=1S/C42H37N9OS7/c1-21-9-10-23(53)15-31(21)47-44-29-13-12-28(25-17-33(37(56)18-26(25)29)48-46-30-7-5-6-8-35(30)54)45-50-34-20-39(58-4)27-19-38(57)42(22(2)40(27)41(34)43)51-49-32-16-24(59-52-3)11-14-36(32)55/h5,7,9-20,53-57H,6,8,43H2,1-4H3. The first-order valence-electron chi connectivity index (χ1n) is 18.0. The van der Waals surface area contributed by atoms with Gasteiger partial charge in [0, 0.05) is 62.5 Å². The van der Waals surface area contributed by atoms with E-state index in [9.17, 15) is 0 Å². The van der Waals surface area contributed by atoms with Crippen LogP contribution in [-0.4, -0.2) is 13.4 Å². The molecule has 298 valence electrons. The zero-order valence-electron chi connectivity index (χ0n) is 32.1. The molecule has 0 radical (unpaired) electrons. The summed E-state index contributed by atoms with van der Waals surface area (Å²) in [6, 6.07) is 22.7. The average Bonchev–Trinajstić information content (AvgIpc) is 3.22. The van der Waals surface area contributed by atoms with E-state index in [1.54, 1.807) is 18.9 Å². The molecule has 0 amide bonds. The monoisotopic (exact) mass is 907 g/mol. The summed E-state index contributed by atoms with van der Waals surface area (Å²) in [5.74, 6) is 0. The van der Waals surface area contributed by atoms with Gasteiger partial charge in [-0.2, -0.15) is 5.11 Å². The van der Waals surface area contributed by atoms with Gasteiger partial charge in [0.1, 0.15) is 17.1 Å². The quantitative estimate of drug-likeness (QED) is 0.0254. The van der Waals surface area contributed by atoms with Crippen LogP contribution in [0.15, 0.2) is 166 Å². The summed E-state index contributed by atoms with van der Waals surface area (Å²) < 4.78 is 5.22. The highest BCUT2D eigenvalue weighted by atomic mass is 32.2. The van der Waals surface area contributed by atoms with Crippen molar-refractivity contribution in [2.24, 2.45) is 40.9 Å². The number of rotatable bonds is 11. The molecule has 10 nitrogen and oxygen atoms in total. The van der Waals surface area contributed by atoms with Gasteiger partial charge in [0.15, 0.2) is 0 Å². The molecule has 0 saturated heterocycles. The first-order valence-corrected chi connectivity index (χ1v) is 22.2. The van der Waals surface area contributed by atoms with Crippen LogP contribution in [0.4, 0.5) is 45.5 Å². The molecule has 6 aromatic carbocycles. The van der Waals surface area contributed by atoms with E-state index in [0.717, 1.165) is 65.1 Å². The van der Waals surface area contributed by atoms with Gasteiger partial charge in [-0.25, -0.2) is 0 Å². The Morgan fingerprint density at radius 1 is 0.627 bits per heavy atom. The van der Waals surface area contributed by atoms with Gasteiger partial charge in [-0.1, -0.05) is 12.1 Å². The van der Waals surface area contributed by atoms with Gasteiger partial charge >= 0.3 is 0 Å². The highest BCUT2D eigenvalue weighted by molar-refractivity contribution is 7.98. The summed E-state index contributed by atoms with van der Waals surface area (Å²) in [6.07, 6.45) is 7.71. The number of nitrogens with zero attached hydrogens (tertiary/aromatic N) is 8. The number of thioether (sulfide) groups is 1. The van der Waals surface area contributed by atoms with Crippen LogP contribution >= 0.6 is 86.9 Å². The highest BCUT2D eigenvalue weighted by Gasteiger charge is 2.18. The summed E-state index contributed by atoms with van der Waals surface area (Å²) in [7, 11) is 1.61. The zero-order valence-corrected chi connectivity index (χ0v) is 38.2. The fourth-order valence-corrected chi connectivity index (χ4v) is 8.60. The molecule has 0 spiro atoms. The van der Waals surface area contributed by atoms with Crippen LogP contribution in [0.1, 0.15) is 24.0 Å². The summed E-state index contributed by atoms with van der Waals surface area (Å²) >= 11 is 26.1. The molecule has 7 rings (SSSR count).